The van der Waals surface area contributed by atoms with Gasteiger partial charge in [-0.15, -0.1) is 19.7 Å². The van der Waals surface area contributed by atoms with E-state index in [-0.39, 0.29) is 138 Å². The molecule has 6 fully saturated rings. The normalized spacial score (nSPS) is 20.5. The van der Waals surface area contributed by atoms with Crippen molar-refractivity contribution < 1.29 is 133 Å². The van der Waals surface area contributed by atoms with Gasteiger partial charge in [-0.25, -0.2) is 28.9 Å². The molecule has 12 atom stereocenters. The van der Waals surface area contributed by atoms with Gasteiger partial charge in [0.05, 0.1) is 6.04 Å². The van der Waals surface area contributed by atoms with Crippen molar-refractivity contribution in [3.8, 4) is 0 Å². The van der Waals surface area contributed by atoms with E-state index in [1.54, 1.807) is 32.8 Å². The van der Waals surface area contributed by atoms with E-state index in [0.29, 0.717) is 36.7 Å². The number of carbonyl (C=O) groups excluding carboxylic acids is 19. The molecule has 6 saturated heterocycles. The number of aliphatic hydroxyl groups is 1. The molecule has 0 aliphatic carbocycles. The topological polar surface area (TPSA) is 472 Å². The first kappa shape index (κ1) is 133. The van der Waals surface area contributed by atoms with Gasteiger partial charge in [0.2, 0.25) is 5.91 Å². The third kappa shape index (κ3) is 59.6. The fourth-order valence-corrected chi connectivity index (χ4v) is 18.9. The number of rotatable bonds is 19. The third-order valence-corrected chi connectivity index (χ3v) is 25.4. The van der Waals surface area contributed by atoms with Crippen molar-refractivity contribution in [3.63, 3.8) is 0 Å². The van der Waals surface area contributed by atoms with Crippen LogP contribution in [0.2, 0.25) is 31.0 Å². The molecule has 132 heavy (non-hydrogen) atoms. The molecule has 36 nitrogen and oxygen atoms in total. The summed E-state index contributed by atoms with van der Waals surface area (Å²) in [6, 6.07) is 12.5. The molecule has 1 aromatic rings. The molecule has 0 bridgehead atoms. The van der Waals surface area contributed by atoms with E-state index in [1.807, 2.05) is 179 Å². The summed E-state index contributed by atoms with van der Waals surface area (Å²) in [7, 11) is 0.864. The standard InChI is InChI=1S/C19H30N2O4Se.C14H25NO2.C13H25NO3.C13H23NO2.C12H23NO3.C11H19NO3.C6H14Si.6CO2/c1-5-15-11-12-16(20(15)18(22)25-19(2,3)4)13-14-26(21(23)24)17-9-7-6-8-10-17;1-6-8-12-10-9-11(7-2)15(12)13(16)17-14(3,4)5;1-5-10-6-7-11(8-9-15)14(10)12(16)17-13(2,3)4;1-6-10-8-9-11(7-2)14(10)12(15)16-13(3,4)5;1-6-9-7-8-10(15-5)13(9)11(14)16-12(2,3)4;1-5-8-6-7-9(13)12(8)10(14)15-11(2,3)4;1-5-6-7(2,3)4;6*2-1-3/h6-10,15-16,26H,5,11-14H2,1-4H3;6,11-12H,1,7-10H2,2-5H3;10-11,15H,5-9H2,1-4H3;6,10-11H,1,7-9H2,2-5H3;9-10H,6-8H2,1-5H3;8H,5-7H2,1-4H3;5H,1,6H2,2-4H3;;;;;;/t15-,16?;11-,12?;10-,11?;10?,11-;9-,10?;8-;;;;;;;/m111111......./s1. The minimum absolute atomic E-state index is 0.0207. The SMILES string of the molecule is C=CC1CC[C@@H](CC)N1C(=O)OC(C)(C)C.C=CCC1CC[C@@H](CC)N1C(=O)OC(C)(C)C.C=CC[Si](C)(C)C.CC[C@@H]1CCC(=O)N1C(=O)OC(C)(C)C.CC[C@@H]1CCC(CCO)N1C(=O)OC(C)(C)C.CC[C@@H]1CCC(CC[SeH](c2ccccc2)[N+](=O)[O-])N1C(=O)OC(C)(C)C.CC[C@@H]1CCC(OC)N1C(=O)OC(C)(C)C.O=C=O.O=C=O.O=C=O.O=C=O.O=C=O.O=C=O. The van der Waals surface area contributed by atoms with Crippen LogP contribution in [0.25, 0.3) is 0 Å². The summed E-state index contributed by atoms with van der Waals surface area (Å²) >= 11 is -2.39. The summed E-state index contributed by atoms with van der Waals surface area (Å²) in [5.74, 6) is -0.115. The number of allylic oxidation sites excluding steroid dienone is 1. The molecule has 6 unspecified atom stereocenters. The van der Waals surface area contributed by atoms with Gasteiger partial charge < -0.3 is 43.3 Å². The summed E-state index contributed by atoms with van der Waals surface area (Å²) < 4.78 is 38.6. The number of ether oxygens (including phenoxy) is 7. The molecule has 0 saturated carbocycles. The van der Waals surface area contributed by atoms with Crippen LogP contribution >= 0.6 is 0 Å². The Morgan fingerprint density at radius 3 is 1.02 bits per heavy atom. The molecular weight excluding hydrogens is 1800 g/mol. The predicted molar refractivity (Wildman–Crippen MR) is 494 cm³/mol. The Kier molecular flexibility index (Phi) is 70.3. The van der Waals surface area contributed by atoms with Crippen LogP contribution in [0.1, 0.15) is 301 Å². The van der Waals surface area contributed by atoms with E-state index >= 15 is 0 Å². The minimum Gasteiger partial charge on any atom is -0.444 e. The number of benzene rings is 1. The second-order valence-electron chi connectivity index (χ2n) is 38.0. The Balaban J connectivity index is -0.000000345. The van der Waals surface area contributed by atoms with Crippen molar-refractivity contribution >= 4 is 106 Å². The Morgan fingerprint density at radius 1 is 0.432 bits per heavy atom. The first-order valence-electron chi connectivity index (χ1n) is 44.7. The summed E-state index contributed by atoms with van der Waals surface area (Å²) in [6.07, 6.45) is 24.3. The van der Waals surface area contributed by atoms with Crippen LogP contribution in [0.5, 0.6) is 0 Å². The Hall–Kier alpha value is -9.93. The number of methoxy groups -OCH3 is 1. The zero-order valence-corrected chi connectivity index (χ0v) is 86.9. The van der Waals surface area contributed by atoms with Gasteiger partial charge in [0.15, 0.2) is 0 Å². The van der Waals surface area contributed by atoms with Crippen LogP contribution in [0.3, 0.4) is 0 Å². The van der Waals surface area contributed by atoms with Crippen LogP contribution in [0.15, 0.2) is 68.3 Å². The van der Waals surface area contributed by atoms with E-state index in [4.69, 9.17) is 95.8 Å². The average Bonchev–Trinajstić information content (AvgIpc) is 1.64. The van der Waals surface area contributed by atoms with Gasteiger partial charge in [0.1, 0.15) is 34.2 Å². The maximum Gasteiger partial charge on any atom is 0.412 e. The van der Waals surface area contributed by atoms with Crippen molar-refractivity contribution in [2.24, 2.45) is 0 Å². The molecule has 6 aliphatic heterocycles. The minimum atomic E-state index is -2.39. The number of hydrogen-bond donors (Lipinski definition) is 1. The van der Waals surface area contributed by atoms with Gasteiger partial charge in [-0.2, -0.15) is 57.5 Å². The van der Waals surface area contributed by atoms with Gasteiger partial charge in [-0.1, -0.05) is 72.5 Å². The number of amides is 7. The Bertz CT molecular complexity index is 3630. The molecular formula is C94H159N7O29SeSi. The Labute approximate surface area is 789 Å². The molecule has 0 aromatic heterocycles. The molecule has 0 radical (unpaired) electrons. The summed E-state index contributed by atoms with van der Waals surface area (Å²) in [5.41, 5.74) is -2.83. The fraction of sp³-hybridized carbons (Fsp3) is 0.734. The molecule has 754 valence electrons. The van der Waals surface area contributed by atoms with Crippen molar-refractivity contribution in [2.75, 3.05) is 13.7 Å². The number of likely N-dealkylation sites (tertiary alicyclic amines) is 6. The molecule has 1 N–H and O–H groups in total. The smallest absolute Gasteiger partial charge is 0.412 e. The average molecular weight is 1960 g/mol. The first-order valence-corrected chi connectivity index (χ1v) is 51.5. The molecule has 1 aromatic carbocycles. The number of carbonyl (C=O) groups is 7. The van der Waals surface area contributed by atoms with Crippen LogP contribution in [0.4, 0.5) is 28.8 Å². The van der Waals surface area contributed by atoms with Gasteiger partial charge in [-0.05, 0) is 213 Å². The molecule has 7 amide bonds. The zero-order valence-electron chi connectivity index (χ0n) is 84.0. The van der Waals surface area contributed by atoms with E-state index < -0.39 is 61.9 Å². The molecule has 38 heteroatoms. The molecule has 7 rings (SSSR count). The number of imide groups is 1. The van der Waals surface area contributed by atoms with Crippen molar-refractivity contribution in [3.05, 3.63) is 78.4 Å². The third-order valence-electron chi connectivity index (χ3n) is 19.7. The van der Waals surface area contributed by atoms with Gasteiger partial charge in [0, 0.05) is 70.5 Å². The number of hydrogen-bond acceptors (Lipinski definition) is 29. The van der Waals surface area contributed by atoms with E-state index in [1.165, 1.54) is 10.9 Å². The van der Waals surface area contributed by atoms with Crippen LogP contribution in [-0.2, 0) is 95.5 Å². The van der Waals surface area contributed by atoms with Crippen LogP contribution in [0, 0.1) is 10.1 Å². The summed E-state index contributed by atoms with van der Waals surface area (Å²) in [6.45, 7) is 64.5. The number of nitro groups is 1. The molecule has 0 spiro atoms. The quantitative estimate of drug-likeness (QED) is 0.0442. The van der Waals surface area contributed by atoms with E-state index in [0.717, 1.165) is 120 Å². The molecule has 6 aliphatic rings. The maximum atomic E-state index is 12.7. The largest absolute Gasteiger partial charge is 0.444 e. The van der Waals surface area contributed by atoms with Crippen molar-refractivity contribution in [1.82, 2.24) is 29.4 Å². The second kappa shape index (κ2) is 69.9. The number of nitrogens with zero attached hydrogens (tertiary/aromatic N) is 7. The van der Waals surface area contributed by atoms with Crippen molar-refractivity contribution in [1.29, 1.82) is 0 Å². The number of aliphatic hydroxyl groups excluding tert-OH is 1. The summed E-state index contributed by atoms with van der Waals surface area (Å²) in [5, 5.41) is 21.2. The summed E-state index contributed by atoms with van der Waals surface area (Å²) in [4.78, 5) is 204. The fourth-order valence-electron chi connectivity index (χ4n) is 14.6. The van der Waals surface area contributed by atoms with Gasteiger partial charge in [0.25, 0.3) is 0 Å². The predicted octanol–water partition coefficient (Wildman–Crippen LogP) is 17.2. The Morgan fingerprint density at radius 2 is 0.720 bits per heavy atom. The molecule has 6 heterocycles. The van der Waals surface area contributed by atoms with Crippen LogP contribution in [-0.4, -0.2) is 254 Å². The van der Waals surface area contributed by atoms with E-state index in [9.17, 15) is 43.7 Å². The maximum absolute atomic E-state index is 12.7. The van der Waals surface area contributed by atoms with Gasteiger partial charge >= 0.3 is 227 Å². The monoisotopic (exact) mass is 1960 g/mol. The zero-order chi connectivity index (χ0) is 104. The van der Waals surface area contributed by atoms with E-state index in [2.05, 4.69) is 74.0 Å². The van der Waals surface area contributed by atoms with Crippen LogP contribution < -0.4 is 4.46 Å². The second-order valence-corrected chi connectivity index (χ2v) is 47.9. The first-order chi connectivity index (χ1) is 61.2. The van der Waals surface area contributed by atoms with Crippen molar-refractivity contribution in [2.45, 2.75) is 432 Å². The van der Waals surface area contributed by atoms with Gasteiger partial charge in [-0.3, -0.25) is 14.6 Å².